The number of nitrogens with one attached hydrogen (secondary N) is 1. The van der Waals surface area contributed by atoms with Crippen LogP contribution in [0.5, 0.6) is 17.2 Å². The number of carbonyl (C=O) groups is 3. The minimum absolute atomic E-state index is 0.000468. The lowest BCUT2D eigenvalue weighted by Gasteiger charge is -2.39. The Morgan fingerprint density at radius 3 is 2.37 bits per heavy atom. The van der Waals surface area contributed by atoms with Crippen LogP contribution in [0.4, 0.5) is 5.69 Å². The number of ketones is 1. The Kier molecular flexibility index (Phi) is 11.2. The van der Waals surface area contributed by atoms with Crippen molar-refractivity contribution < 1.29 is 43.9 Å². The highest BCUT2D eigenvalue weighted by molar-refractivity contribution is 6.28. The summed E-state index contributed by atoms with van der Waals surface area (Å²) in [5.41, 5.74) is 2.53. The number of phenols is 2. The number of phenolic OH excluding ortho intramolecular Hbond substituents is 2. The van der Waals surface area contributed by atoms with Gasteiger partial charge in [-0.1, -0.05) is 59.8 Å². The summed E-state index contributed by atoms with van der Waals surface area (Å²) in [5.74, 6) is -5.07. The van der Waals surface area contributed by atoms with Gasteiger partial charge in [-0.15, -0.1) is 0 Å². The van der Waals surface area contributed by atoms with E-state index in [1.807, 2.05) is 65.8 Å². The summed E-state index contributed by atoms with van der Waals surface area (Å²) in [6, 6.07) is 3.69. The highest BCUT2D eigenvalue weighted by atomic mass is 16.7. The first-order chi connectivity index (χ1) is 26.8. The number of allylic oxidation sites excluding steroid dienone is 3. The summed E-state index contributed by atoms with van der Waals surface area (Å²) in [5, 5.41) is 38.2. The van der Waals surface area contributed by atoms with Crippen LogP contribution in [0.2, 0.25) is 0 Å². The largest absolute Gasteiger partial charge is 0.507 e. The summed E-state index contributed by atoms with van der Waals surface area (Å²) in [6.45, 7) is 20.0. The monoisotopic (exact) mass is 781 g/mol. The van der Waals surface area contributed by atoms with Crippen LogP contribution >= 0.6 is 0 Å². The summed E-state index contributed by atoms with van der Waals surface area (Å²) in [4.78, 5) is 45.8. The molecule has 0 radical (unpaired) electrons. The first-order valence-electron chi connectivity index (χ1n) is 19.7. The van der Waals surface area contributed by atoms with Gasteiger partial charge >= 0.3 is 11.8 Å². The predicted molar refractivity (Wildman–Crippen MR) is 219 cm³/mol. The third-order valence-electron chi connectivity index (χ3n) is 12.5. The smallest absolute Gasteiger partial charge is 0.312 e. The second kappa shape index (κ2) is 15.5. The van der Waals surface area contributed by atoms with Gasteiger partial charge in [0.25, 0.3) is 11.7 Å². The molecule has 0 saturated heterocycles. The number of anilines is 1. The molecule has 4 bridgehead atoms. The zero-order chi connectivity index (χ0) is 41.8. The van der Waals surface area contributed by atoms with Gasteiger partial charge in [-0.25, -0.2) is 4.98 Å². The van der Waals surface area contributed by atoms with E-state index in [1.54, 1.807) is 36.6 Å². The molecule has 304 valence electrons. The van der Waals surface area contributed by atoms with E-state index >= 15 is 0 Å². The van der Waals surface area contributed by atoms with Gasteiger partial charge in [-0.3, -0.25) is 18.8 Å². The van der Waals surface area contributed by atoms with Gasteiger partial charge in [-0.2, -0.15) is 0 Å². The molecular weight excluding hydrogens is 727 g/mol. The summed E-state index contributed by atoms with van der Waals surface area (Å²) >= 11 is 0. The standard InChI is InChI=1S/C45H55N3O9/c1-12-30-17-19-55-45(11)43(53)34-32-33(39(51)28(9)42(34)57-45)40(52)36(37-35(32)46-31-20-21(2)16-18-48(31)37)47-44(54)23(4)15-13-14-22(3)38(50)25(6)24(5)26(7)41(27(30)8)56-29(10)49/h13-20,22,24-27,30,38,41,50-52H,12H2,1-11H3,(H,47,54)/b14-13+,19-17+,23-15-/t22-,24+,25-,26+,27+,30-,38-,41-,45-/m0/s1. The molecule has 0 aliphatic carbocycles. The Hall–Kier alpha value is -5.36. The molecule has 0 fully saturated rings. The quantitative estimate of drug-likeness (QED) is 0.114. The van der Waals surface area contributed by atoms with Crippen LogP contribution in [0, 0.1) is 49.4 Å². The molecule has 2 aliphatic rings. The number of aliphatic hydroxyl groups excluding tert-OH is 1. The molecule has 2 aromatic heterocycles. The number of imidazole rings is 1. The Labute approximate surface area is 333 Å². The molecule has 9 atom stereocenters. The van der Waals surface area contributed by atoms with Crippen molar-refractivity contribution in [2.24, 2.45) is 35.5 Å². The molecular formula is C45H55N3O9. The third-order valence-corrected chi connectivity index (χ3v) is 12.5. The van der Waals surface area contributed by atoms with Crippen molar-refractivity contribution >= 4 is 50.8 Å². The second-order valence-corrected chi connectivity index (χ2v) is 16.3. The zero-order valence-corrected chi connectivity index (χ0v) is 34.6. The van der Waals surface area contributed by atoms with E-state index in [0.29, 0.717) is 23.2 Å². The van der Waals surface area contributed by atoms with Gasteiger partial charge in [0, 0.05) is 42.5 Å². The molecule has 2 aliphatic heterocycles. The minimum Gasteiger partial charge on any atom is -0.507 e. The predicted octanol–water partition coefficient (Wildman–Crippen LogP) is 8.44. The number of fused-ring (bicyclic) bond motifs is 2. The number of hydrogen-bond donors (Lipinski definition) is 4. The first kappa shape index (κ1) is 41.3. The molecule has 4 N–H and O–H groups in total. The molecule has 4 heterocycles. The second-order valence-electron chi connectivity index (χ2n) is 16.3. The van der Waals surface area contributed by atoms with Gasteiger partial charge in [-0.05, 0) is 80.6 Å². The Balaban J connectivity index is 1.58. The molecule has 57 heavy (non-hydrogen) atoms. The van der Waals surface area contributed by atoms with Crippen molar-refractivity contribution in [2.45, 2.75) is 101 Å². The van der Waals surface area contributed by atoms with Crippen LogP contribution in [0.3, 0.4) is 0 Å². The van der Waals surface area contributed by atoms with Crippen LogP contribution in [0.25, 0.3) is 27.5 Å². The van der Waals surface area contributed by atoms with E-state index < -0.39 is 41.4 Å². The highest BCUT2D eigenvalue weighted by Gasteiger charge is 2.49. The van der Waals surface area contributed by atoms with Crippen LogP contribution in [-0.4, -0.2) is 60.4 Å². The number of aliphatic hydroxyl groups is 1. The minimum atomic E-state index is -1.86. The topological polar surface area (TPSA) is 169 Å². The van der Waals surface area contributed by atoms with Gasteiger partial charge in [0.05, 0.1) is 23.3 Å². The Morgan fingerprint density at radius 2 is 1.70 bits per heavy atom. The zero-order valence-electron chi connectivity index (χ0n) is 34.6. The molecule has 1 amide bonds. The number of rotatable bonds is 2. The van der Waals surface area contributed by atoms with Crippen LogP contribution < -0.4 is 10.1 Å². The number of aryl methyl sites for hydroxylation is 1. The van der Waals surface area contributed by atoms with Crippen molar-refractivity contribution in [3.05, 3.63) is 71.2 Å². The number of aromatic nitrogens is 2. The lowest BCUT2D eigenvalue weighted by atomic mass is 9.72. The normalized spacial score (nSPS) is 30.8. The van der Waals surface area contributed by atoms with Crippen molar-refractivity contribution in [2.75, 3.05) is 5.32 Å². The number of esters is 1. The Bertz CT molecular complexity index is 2370. The van der Waals surface area contributed by atoms with Gasteiger partial charge in [0.2, 0.25) is 0 Å². The number of amides is 1. The molecule has 0 unspecified atom stereocenters. The number of Topliss-reactive ketones (excluding diaryl/α,β-unsaturated/α-hetero) is 1. The van der Waals surface area contributed by atoms with E-state index in [1.165, 1.54) is 20.1 Å². The maximum absolute atomic E-state index is 14.6. The number of ether oxygens (including phenoxy) is 3. The third kappa shape index (κ3) is 7.13. The number of benzene rings is 2. The molecule has 12 nitrogen and oxygen atoms in total. The van der Waals surface area contributed by atoms with Crippen molar-refractivity contribution in [3.63, 3.8) is 0 Å². The first-order valence-corrected chi connectivity index (χ1v) is 19.7. The van der Waals surface area contributed by atoms with Gasteiger partial charge in [0.1, 0.15) is 40.0 Å². The molecule has 6 rings (SSSR count). The van der Waals surface area contributed by atoms with E-state index in [4.69, 9.17) is 19.2 Å². The van der Waals surface area contributed by atoms with Crippen molar-refractivity contribution in [1.82, 2.24) is 9.38 Å². The molecule has 0 saturated carbocycles. The molecule has 2 aromatic carbocycles. The summed E-state index contributed by atoms with van der Waals surface area (Å²) in [7, 11) is 0. The van der Waals surface area contributed by atoms with Crippen molar-refractivity contribution in [1.29, 1.82) is 0 Å². The molecule has 4 aromatic rings. The number of pyridine rings is 1. The van der Waals surface area contributed by atoms with E-state index in [9.17, 15) is 29.7 Å². The average Bonchev–Trinajstić information content (AvgIpc) is 3.67. The van der Waals surface area contributed by atoms with E-state index in [-0.39, 0.29) is 80.1 Å². The average molecular weight is 782 g/mol. The number of carbonyl (C=O) groups excluding carboxylic acids is 3. The van der Waals surface area contributed by atoms with Gasteiger partial charge in [0.15, 0.2) is 5.75 Å². The maximum atomic E-state index is 14.6. The van der Waals surface area contributed by atoms with E-state index in [2.05, 4.69) is 12.2 Å². The van der Waals surface area contributed by atoms with Gasteiger partial charge < -0.3 is 34.8 Å². The SMILES string of the molecule is CC[C@H]1/C=C/O[C@@]2(C)Oc3c(C)c(O)c4c(O)c(c5c(nc6cc(C)ccn65)c4c3C2=O)NC(=O)/C(C)=C\C=C\[C@H](C)[C@H](O)[C@@H](C)[C@@H](C)[C@@H](C)[C@H](OC(C)=O)[C@@H]1C. The number of aromatic hydroxyl groups is 2. The molecule has 0 spiro atoms. The van der Waals surface area contributed by atoms with Crippen LogP contribution in [0.15, 0.2) is 54.5 Å². The summed E-state index contributed by atoms with van der Waals surface area (Å²) in [6.07, 6.45) is 9.65. The highest BCUT2D eigenvalue weighted by Crippen LogP contribution is 2.54. The van der Waals surface area contributed by atoms with Crippen LogP contribution in [0.1, 0.15) is 90.2 Å². The fourth-order valence-corrected chi connectivity index (χ4v) is 8.54. The van der Waals surface area contributed by atoms with Crippen LogP contribution in [-0.2, 0) is 19.1 Å². The number of nitrogens with zero attached hydrogens (tertiary/aromatic N) is 2. The fraction of sp³-hybridized carbons (Fsp3) is 0.467. The summed E-state index contributed by atoms with van der Waals surface area (Å²) < 4.78 is 20.2. The lowest BCUT2D eigenvalue weighted by Crippen LogP contribution is -2.41. The molecule has 12 heteroatoms. The van der Waals surface area contributed by atoms with E-state index in [0.717, 1.165) is 5.56 Å². The van der Waals surface area contributed by atoms with Crippen molar-refractivity contribution in [3.8, 4) is 17.2 Å². The maximum Gasteiger partial charge on any atom is 0.312 e. The fourth-order valence-electron chi connectivity index (χ4n) is 8.54. The Morgan fingerprint density at radius 1 is 1.00 bits per heavy atom. The lowest BCUT2D eigenvalue weighted by molar-refractivity contribution is -0.155. The number of hydrogen-bond acceptors (Lipinski definition) is 10.